The van der Waals surface area contributed by atoms with Gasteiger partial charge in [-0.1, -0.05) is 12.8 Å². The van der Waals surface area contributed by atoms with Crippen LogP contribution in [0, 0.1) is 5.92 Å². The summed E-state index contributed by atoms with van der Waals surface area (Å²) in [7, 11) is 0. The Labute approximate surface area is 102 Å². The number of carboxylic acids is 1. The molecule has 0 bridgehead atoms. The van der Waals surface area contributed by atoms with Crippen molar-refractivity contribution < 1.29 is 14.7 Å². The molecule has 2 unspecified atom stereocenters. The fraction of sp³-hybridized carbons (Fsp3) is 0.833. The third kappa shape index (κ3) is 4.24. The highest BCUT2D eigenvalue weighted by Gasteiger charge is 2.23. The van der Waals surface area contributed by atoms with E-state index in [1.165, 1.54) is 12.8 Å². The summed E-state index contributed by atoms with van der Waals surface area (Å²) in [6.45, 7) is 4.89. The zero-order valence-electron chi connectivity index (χ0n) is 10.6. The molecule has 0 saturated carbocycles. The number of amides is 2. The number of carbonyl (C=O) groups is 2. The molecular formula is C12H22N2O3. The van der Waals surface area contributed by atoms with E-state index in [1.807, 2.05) is 0 Å². The predicted molar refractivity (Wildman–Crippen MR) is 64.8 cm³/mol. The van der Waals surface area contributed by atoms with Crippen LogP contribution in [0.4, 0.5) is 4.79 Å². The molecule has 0 aromatic heterocycles. The summed E-state index contributed by atoms with van der Waals surface area (Å²) in [6, 6.07) is -0.476. The van der Waals surface area contributed by atoms with Gasteiger partial charge in [0, 0.05) is 19.1 Å². The number of aliphatic carboxylic acids is 1. The van der Waals surface area contributed by atoms with Crippen LogP contribution >= 0.6 is 0 Å². The molecule has 1 fully saturated rings. The third-order valence-electron chi connectivity index (χ3n) is 3.38. The molecule has 2 amide bonds. The lowest BCUT2D eigenvalue weighted by molar-refractivity contribution is -0.141. The lowest BCUT2D eigenvalue weighted by Crippen LogP contribution is -2.47. The highest BCUT2D eigenvalue weighted by Crippen LogP contribution is 2.10. The molecule has 17 heavy (non-hydrogen) atoms. The van der Waals surface area contributed by atoms with Gasteiger partial charge in [-0.25, -0.2) is 4.79 Å². The Balaban J connectivity index is 2.44. The molecule has 2 N–H and O–H groups in total. The fourth-order valence-electron chi connectivity index (χ4n) is 1.90. The van der Waals surface area contributed by atoms with Crippen molar-refractivity contribution in [3.63, 3.8) is 0 Å². The van der Waals surface area contributed by atoms with Crippen LogP contribution in [0.25, 0.3) is 0 Å². The molecule has 1 heterocycles. The van der Waals surface area contributed by atoms with Gasteiger partial charge in [-0.3, -0.25) is 4.79 Å². The van der Waals surface area contributed by atoms with Gasteiger partial charge in [0.15, 0.2) is 0 Å². The lowest BCUT2D eigenvalue weighted by Gasteiger charge is -2.25. The van der Waals surface area contributed by atoms with Gasteiger partial charge in [0.2, 0.25) is 0 Å². The van der Waals surface area contributed by atoms with Crippen molar-refractivity contribution in [2.75, 3.05) is 13.1 Å². The van der Waals surface area contributed by atoms with E-state index in [9.17, 15) is 9.59 Å². The van der Waals surface area contributed by atoms with Gasteiger partial charge in [0.25, 0.3) is 0 Å². The lowest BCUT2D eigenvalue weighted by atomic mass is 10.0. The first-order valence-electron chi connectivity index (χ1n) is 6.30. The number of urea groups is 1. The van der Waals surface area contributed by atoms with Crippen molar-refractivity contribution in [2.45, 2.75) is 45.6 Å². The quantitative estimate of drug-likeness (QED) is 0.791. The van der Waals surface area contributed by atoms with Crippen molar-refractivity contribution in [3.05, 3.63) is 0 Å². The van der Waals surface area contributed by atoms with Crippen molar-refractivity contribution in [3.8, 4) is 0 Å². The average molecular weight is 242 g/mol. The minimum absolute atomic E-state index is 0.132. The van der Waals surface area contributed by atoms with Crippen LogP contribution in [0.1, 0.15) is 39.5 Å². The van der Waals surface area contributed by atoms with E-state index < -0.39 is 11.9 Å². The smallest absolute Gasteiger partial charge is 0.317 e. The molecule has 5 nitrogen and oxygen atoms in total. The third-order valence-corrected chi connectivity index (χ3v) is 3.38. The maximum atomic E-state index is 11.9. The van der Waals surface area contributed by atoms with Gasteiger partial charge in [-0.15, -0.1) is 0 Å². The predicted octanol–water partition coefficient (Wildman–Crippen LogP) is 1.68. The first-order valence-corrected chi connectivity index (χ1v) is 6.30. The SMILES string of the molecule is CC(NC(=O)N1CCCCCC1)C(C)C(=O)O. The number of likely N-dealkylation sites (tertiary alicyclic amines) is 1. The van der Waals surface area contributed by atoms with Crippen molar-refractivity contribution in [2.24, 2.45) is 5.92 Å². The summed E-state index contributed by atoms with van der Waals surface area (Å²) in [5, 5.41) is 11.6. The molecular weight excluding hydrogens is 220 g/mol. The second-order valence-corrected chi connectivity index (χ2v) is 4.77. The maximum absolute atomic E-state index is 11.9. The molecule has 0 radical (unpaired) electrons. The topological polar surface area (TPSA) is 69.6 Å². The van der Waals surface area contributed by atoms with E-state index in [-0.39, 0.29) is 12.1 Å². The highest BCUT2D eigenvalue weighted by atomic mass is 16.4. The summed E-state index contributed by atoms with van der Waals surface area (Å²) < 4.78 is 0. The molecule has 1 aliphatic rings. The zero-order chi connectivity index (χ0) is 12.8. The van der Waals surface area contributed by atoms with Crippen LogP contribution in [-0.4, -0.2) is 41.1 Å². The van der Waals surface area contributed by atoms with E-state index in [2.05, 4.69) is 5.32 Å². The molecule has 0 aliphatic carbocycles. The Kier molecular flexibility index (Phi) is 5.25. The van der Waals surface area contributed by atoms with Crippen LogP contribution in [0.5, 0.6) is 0 Å². The minimum Gasteiger partial charge on any atom is -0.481 e. The van der Waals surface area contributed by atoms with Crippen LogP contribution in [0.2, 0.25) is 0 Å². The molecule has 0 aromatic rings. The number of nitrogens with one attached hydrogen (secondary N) is 1. The van der Waals surface area contributed by atoms with E-state index >= 15 is 0 Å². The van der Waals surface area contributed by atoms with E-state index in [4.69, 9.17) is 5.11 Å². The second kappa shape index (κ2) is 6.47. The molecule has 1 rings (SSSR count). The summed E-state index contributed by atoms with van der Waals surface area (Å²) in [5.41, 5.74) is 0. The summed E-state index contributed by atoms with van der Waals surface area (Å²) in [6.07, 6.45) is 4.42. The van der Waals surface area contributed by atoms with Crippen LogP contribution in [-0.2, 0) is 4.79 Å². The number of carboxylic acid groups (broad SMARTS) is 1. The second-order valence-electron chi connectivity index (χ2n) is 4.77. The Morgan fingerprint density at radius 1 is 1.12 bits per heavy atom. The molecule has 5 heteroatoms. The Morgan fingerprint density at radius 2 is 1.65 bits per heavy atom. The molecule has 1 saturated heterocycles. The molecule has 2 atom stereocenters. The standard InChI is InChI=1S/C12H22N2O3/c1-9(11(15)16)10(2)13-12(17)14-7-5-3-4-6-8-14/h9-10H,3-8H2,1-2H3,(H,13,17)(H,15,16). The van der Waals surface area contributed by atoms with Crippen molar-refractivity contribution in [1.82, 2.24) is 10.2 Å². The highest BCUT2D eigenvalue weighted by molar-refractivity contribution is 5.76. The first kappa shape index (κ1) is 13.8. The van der Waals surface area contributed by atoms with Gasteiger partial charge >= 0.3 is 12.0 Å². The van der Waals surface area contributed by atoms with E-state index in [0.717, 1.165) is 25.9 Å². The number of nitrogens with zero attached hydrogens (tertiary/aromatic N) is 1. The average Bonchev–Trinajstić information content (AvgIpc) is 2.56. The summed E-state index contributed by atoms with van der Waals surface area (Å²) in [4.78, 5) is 24.5. The Morgan fingerprint density at radius 3 is 2.12 bits per heavy atom. The van der Waals surface area contributed by atoms with Gasteiger partial charge in [-0.05, 0) is 26.7 Å². The van der Waals surface area contributed by atoms with Gasteiger partial charge < -0.3 is 15.3 Å². The van der Waals surface area contributed by atoms with Gasteiger partial charge in [-0.2, -0.15) is 0 Å². The van der Waals surface area contributed by atoms with Gasteiger partial charge in [0.1, 0.15) is 0 Å². The normalized spacial score (nSPS) is 20.2. The zero-order valence-corrected chi connectivity index (χ0v) is 10.6. The van der Waals surface area contributed by atoms with E-state index in [1.54, 1.807) is 18.7 Å². The van der Waals surface area contributed by atoms with Crippen LogP contribution < -0.4 is 5.32 Å². The number of hydrogen-bond acceptors (Lipinski definition) is 2. The molecule has 0 aromatic carbocycles. The van der Waals surface area contributed by atoms with Gasteiger partial charge in [0.05, 0.1) is 5.92 Å². The van der Waals surface area contributed by atoms with Crippen LogP contribution in [0.3, 0.4) is 0 Å². The first-order chi connectivity index (χ1) is 8.02. The molecule has 98 valence electrons. The minimum atomic E-state index is -0.881. The number of carbonyl (C=O) groups excluding carboxylic acids is 1. The maximum Gasteiger partial charge on any atom is 0.317 e. The fourth-order valence-corrected chi connectivity index (χ4v) is 1.90. The Hall–Kier alpha value is -1.26. The van der Waals surface area contributed by atoms with Crippen LogP contribution in [0.15, 0.2) is 0 Å². The number of rotatable bonds is 3. The summed E-state index contributed by atoms with van der Waals surface area (Å²) in [5.74, 6) is -1.44. The summed E-state index contributed by atoms with van der Waals surface area (Å²) >= 11 is 0. The largest absolute Gasteiger partial charge is 0.481 e. The molecule has 1 aliphatic heterocycles. The molecule has 0 spiro atoms. The number of hydrogen-bond donors (Lipinski definition) is 2. The van der Waals surface area contributed by atoms with Crippen molar-refractivity contribution in [1.29, 1.82) is 0 Å². The van der Waals surface area contributed by atoms with Crippen molar-refractivity contribution >= 4 is 12.0 Å². The monoisotopic (exact) mass is 242 g/mol. The van der Waals surface area contributed by atoms with E-state index in [0.29, 0.717) is 0 Å². The Bertz CT molecular complexity index is 273.